The molecule has 2 N–H and O–H groups in total. The lowest BCUT2D eigenvalue weighted by atomic mass is 10.1. The Morgan fingerprint density at radius 3 is 2.40 bits per heavy atom. The van der Waals surface area contributed by atoms with Gasteiger partial charge in [-0.25, -0.2) is 0 Å². The van der Waals surface area contributed by atoms with Crippen molar-refractivity contribution in [3.8, 4) is 11.5 Å². The van der Waals surface area contributed by atoms with Gasteiger partial charge in [-0.2, -0.15) is 0 Å². The van der Waals surface area contributed by atoms with Crippen LogP contribution in [0.1, 0.15) is 17.5 Å². The fourth-order valence-corrected chi connectivity index (χ4v) is 2.42. The predicted molar refractivity (Wildman–Crippen MR) is 99.0 cm³/mol. The molecule has 0 atom stereocenters. The molecular formula is C20H26N2O3. The van der Waals surface area contributed by atoms with Gasteiger partial charge >= 0.3 is 0 Å². The van der Waals surface area contributed by atoms with E-state index in [0.29, 0.717) is 19.5 Å². The summed E-state index contributed by atoms with van der Waals surface area (Å²) in [6.07, 6.45) is 1.37. The van der Waals surface area contributed by atoms with E-state index in [0.717, 1.165) is 30.0 Å². The van der Waals surface area contributed by atoms with Crippen LogP contribution in [0.4, 0.5) is 0 Å². The summed E-state index contributed by atoms with van der Waals surface area (Å²) in [4.78, 5) is 11.9. The minimum atomic E-state index is 0.0460. The number of ether oxygens (including phenoxy) is 2. The summed E-state index contributed by atoms with van der Waals surface area (Å²) in [6, 6.07) is 15.7. The predicted octanol–water partition coefficient (Wildman–Crippen LogP) is 2.54. The maximum atomic E-state index is 11.9. The molecule has 0 saturated heterocycles. The molecule has 0 bridgehead atoms. The van der Waals surface area contributed by atoms with E-state index < -0.39 is 0 Å². The quantitative estimate of drug-likeness (QED) is 0.652. The Balaban J connectivity index is 1.58. The highest BCUT2D eigenvalue weighted by Crippen LogP contribution is 2.12. The van der Waals surface area contributed by atoms with Gasteiger partial charge in [-0.05, 0) is 48.4 Å². The zero-order valence-electron chi connectivity index (χ0n) is 14.9. The summed E-state index contributed by atoms with van der Waals surface area (Å²) < 4.78 is 10.3. The largest absolute Gasteiger partial charge is 0.497 e. The summed E-state index contributed by atoms with van der Waals surface area (Å²) in [5.41, 5.74) is 2.27. The lowest BCUT2D eigenvalue weighted by molar-refractivity contribution is -0.121. The molecule has 2 aromatic rings. The van der Waals surface area contributed by atoms with Crippen molar-refractivity contribution in [1.29, 1.82) is 0 Å². The van der Waals surface area contributed by atoms with E-state index in [4.69, 9.17) is 9.47 Å². The number of benzene rings is 2. The van der Waals surface area contributed by atoms with Gasteiger partial charge in [0.2, 0.25) is 5.91 Å². The molecule has 0 heterocycles. The SMILES string of the molecule is COc1ccc(CNC(=O)CCNCCc2cccc(OC)c2)cc1. The Bertz CT molecular complexity index is 656. The number of methoxy groups -OCH3 is 2. The van der Waals surface area contributed by atoms with Crippen LogP contribution in [0.3, 0.4) is 0 Å². The molecule has 0 aliphatic heterocycles. The fourth-order valence-electron chi connectivity index (χ4n) is 2.42. The molecule has 0 fully saturated rings. The minimum absolute atomic E-state index is 0.0460. The average Bonchev–Trinajstić information content (AvgIpc) is 2.66. The summed E-state index contributed by atoms with van der Waals surface area (Å²) in [5.74, 6) is 1.73. The smallest absolute Gasteiger partial charge is 0.221 e. The first kappa shape index (κ1) is 18.8. The molecule has 0 saturated carbocycles. The lowest BCUT2D eigenvalue weighted by Crippen LogP contribution is -2.28. The van der Waals surface area contributed by atoms with Gasteiger partial charge in [0.1, 0.15) is 11.5 Å². The molecule has 0 aliphatic carbocycles. The van der Waals surface area contributed by atoms with Crippen LogP contribution < -0.4 is 20.1 Å². The summed E-state index contributed by atoms with van der Waals surface area (Å²) in [7, 11) is 3.31. The average molecular weight is 342 g/mol. The standard InChI is InChI=1S/C20H26N2O3/c1-24-18-8-6-17(7-9-18)15-22-20(23)11-13-21-12-10-16-4-3-5-19(14-16)25-2/h3-9,14,21H,10-13,15H2,1-2H3,(H,22,23). The van der Waals surface area contributed by atoms with Gasteiger partial charge in [0.05, 0.1) is 14.2 Å². The van der Waals surface area contributed by atoms with Crippen LogP contribution in [-0.4, -0.2) is 33.2 Å². The minimum Gasteiger partial charge on any atom is -0.497 e. The molecule has 25 heavy (non-hydrogen) atoms. The van der Waals surface area contributed by atoms with Crippen molar-refractivity contribution < 1.29 is 14.3 Å². The van der Waals surface area contributed by atoms with Crippen LogP contribution in [0, 0.1) is 0 Å². The van der Waals surface area contributed by atoms with Gasteiger partial charge in [-0.15, -0.1) is 0 Å². The van der Waals surface area contributed by atoms with E-state index in [1.54, 1.807) is 14.2 Å². The van der Waals surface area contributed by atoms with Gasteiger partial charge in [0.25, 0.3) is 0 Å². The third-order valence-electron chi connectivity index (χ3n) is 3.90. The van der Waals surface area contributed by atoms with E-state index in [-0.39, 0.29) is 5.91 Å². The second-order valence-electron chi connectivity index (χ2n) is 5.73. The molecule has 2 aromatic carbocycles. The fraction of sp³-hybridized carbons (Fsp3) is 0.350. The highest BCUT2D eigenvalue weighted by atomic mass is 16.5. The Labute approximate surface area is 149 Å². The van der Waals surface area contributed by atoms with Crippen LogP contribution in [0.15, 0.2) is 48.5 Å². The number of nitrogens with one attached hydrogen (secondary N) is 2. The maximum Gasteiger partial charge on any atom is 0.221 e. The summed E-state index contributed by atoms with van der Waals surface area (Å²) in [6.45, 7) is 2.03. The van der Waals surface area contributed by atoms with E-state index in [1.807, 2.05) is 42.5 Å². The van der Waals surface area contributed by atoms with Crippen molar-refractivity contribution >= 4 is 5.91 Å². The van der Waals surface area contributed by atoms with Crippen LogP contribution in [0.5, 0.6) is 11.5 Å². The number of carbonyl (C=O) groups excluding carboxylic acids is 1. The number of rotatable bonds is 10. The Kier molecular flexibility index (Phi) is 7.79. The van der Waals surface area contributed by atoms with Gasteiger partial charge in [-0.1, -0.05) is 24.3 Å². The zero-order valence-corrected chi connectivity index (χ0v) is 14.9. The highest BCUT2D eigenvalue weighted by Gasteiger charge is 2.02. The molecule has 1 amide bonds. The molecule has 2 rings (SSSR count). The molecule has 0 radical (unpaired) electrons. The number of hydrogen-bond acceptors (Lipinski definition) is 4. The first-order valence-electron chi connectivity index (χ1n) is 8.44. The van der Waals surface area contributed by atoms with Crippen molar-refractivity contribution in [3.63, 3.8) is 0 Å². The molecule has 0 spiro atoms. The monoisotopic (exact) mass is 342 g/mol. The second-order valence-corrected chi connectivity index (χ2v) is 5.73. The van der Waals surface area contributed by atoms with Crippen molar-refractivity contribution in [1.82, 2.24) is 10.6 Å². The molecule has 5 heteroatoms. The summed E-state index contributed by atoms with van der Waals surface area (Å²) in [5, 5.41) is 6.22. The van der Waals surface area contributed by atoms with E-state index in [1.165, 1.54) is 5.56 Å². The Hall–Kier alpha value is -2.53. The maximum absolute atomic E-state index is 11.9. The molecule has 0 aliphatic rings. The first-order chi connectivity index (χ1) is 12.2. The van der Waals surface area contributed by atoms with Gasteiger partial charge in [0, 0.05) is 19.5 Å². The van der Waals surface area contributed by atoms with E-state index in [9.17, 15) is 4.79 Å². The van der Waals surface area contributed by atoms with Crippen LogP contribution >= 0.6 is 0 Å². The van der Waals surface area contributed by atoms with Crippen molar-refractivity contribution in [3.05, 3.63) is 59.7 Å². The third kappa shape index (κ3) is 6.85. The van der Waals surface area contributed by atoms with Gasteiger partial charge in [0.15, 0.2) is 0 Å². The molecule has 5 nitrogen and oxygen atoms in total. The van der Waals surface area contributed by atoms with Crippen LogP contribution in [0.25, 0.3) is 0 Å². The normalized spacial score (nSPS) is 10.3. The summed E-state index contributed by atoms with van der Waals surface area (Å²) >= 11 is 0. The number of carbonyl (C=O) groups is 1. The van der Waals surface area contributed by atoms with Gasteiger partial charge < -0.3 is 20.1 Å². The van der Waals surface area contributed by atoms with Crippen LogP contribution in [-0.2, 0) is 17.8 Å². The molecule has 0 aromatic heterocycles. The Morgan fingerprint density at radius 1 is 0.920 bits per heavy atom. The topological polar surface area (TPSA) is 59.6 Å². The molecule has 0 unspecified atom stereocenters. The highest BCUT2D eigenvalue weighted by molar-refractivity contribution is 5.76. The van der Waals surface area contributed by atoms with Crippen molar-refractivity contribution in [2.45, 2.75) is 19.4 Å². The third-order valence-corrected chi connectivity index (χ3v) is 3.90. The zero-order chi connectivity index (χ0) is 17.9. The molecule has 134 valence electrons. The number of hydrogen-bond donors (Lipinski definition) is 2. The molecular weight excluding hydrogens is 316 g/mol. The van der Waals surface area contributed by atoms with E-state index in [2.05, 4.69) is 16.7 Å². The van der Waals surface area contributed by atoms with Crippen LogP contribution in [0.2, 0.25) is 0 Å². The van der Waals surface area contributed by atoms with Crippen molar-refractivity contribution in [2.24, 2.45) is 0 Å². The van der Waals surface area contributed by atoms with Gasteiger partial charge in [-0.3, -0.25) is 4.79 Å². The van der Waals surface area contributed by atoms with Crippen molar-refractivity contribution in [2.75, 3.05) is 27.3 Å². The lowest BCUT2D eigenvalue weighted by Gasteiger charge is -2.08. The Morgan fingerprint density at radius 2 is 1.68 bits per heavy atom. The second kappa shape index (κ2) is 10.4. The first-order valence-corrected chi connectivity index (χ1v) is 8.44. The number of amides is 1. The van der Waals surface area contributed by atoms with E-state index >= 15 is 0 Å².